The molecule has 1 aliphatic rings. The Morgan fingerprint density at radius 1 is 0.925 bits per heavy atom. The summed E-state index contributed by atoms with van der Waals surface area (Å²) in [6, 6.07) is 16.8. The van der Waals surface area contributed by atoms with Gasteiger partial charge < -0.3 is 9.64 Å². The molecule has 0 saturated carbocycles. The quantitative estimate of drug-likeness (QED) is 0.235. The predicted molar refractivity (Wildman–Crippen MR) is 148 cm³/mol. The van der Waals surface area contributed by atoms with Gasteiger partial charge in [-0.2, -0.15) is 13.2 Å². The Morgan fingerprint density at radius 2 is 1.68 bits per heavy atom. The molecule has 3 aromatic carbocycles. The Bertz CT molecular complexity index is 1530. The topological polar surface area (TPSA) is 62.7 Å². The number of Topliss-reactive ketones (excluding diaryl/α,β-unsaturated/α-hetero) is 2. The summed E-state index contributed by atoms with van der Waals surface area (Å²) in [5.41, 5.74) is 0.634. The van der Waals surface area contributed by atoms with Gasteiger partial charge in [0, 0.05) is 44.2 Å². The van der Waals surface area contributed by atoms with E-state index in [-0.39, 0.29) is 24.4 Å². The van der Waals surface area contributed by atoms with Gasteiger partial charge in [-0.05, 0) is 42.9 Å². The summed E-state index contributed by atoms with van der Waals surface area (Å²) in [5, 5.41) is 0.758. The molecule has 0 amide bonds. The Balaban J connectivity index is 1.22. The van der Waals surface area contributed by atoms with Crippen LogP contribution in [0.3, 0.4) is 0 Å². The number of nitrogens with zero attached hydrogens (tertiary/aromatic N) is 3. The van der Waals surface area contributed by atoms with Crippen molar-refractivity contribution in [2.24, 2.45) is 0 Å². The summed E-state index contributed by atoms with van der Waals surface area (Å²) in [6.45, 7) is 4.14. The van der Waals surface area contributed by atoms with Crippen molar-refractivity contribution in [3.05, 3.63) is 88.4 Å². The SMILES string of the molecule is CN1CCN(CC(=O)Cc2nc3ccc(Oc4cccc(C(=O)Cc5cccc(C(F)(F)F)c5)c4)cc3s2)CC1. The van der Waals surface area contributed by atoms with Gasteiger partial charge in [-0.25, -0.2) is 4.98 Å². The second-order valence-corrected chi connectivity index (χ2v) is 11.1. The summed E-state index contributed by atoms with van der Waals surface area (Å²) in [5.74, 6) is 0.815. The van der Waals surface area contributed by atoms with E-state index in [1.165, 1.54) is 23.5 Å². The molecular weight excluding hydrogens is 539 g/mol. The van der Waals surface area contributed by atoms with Gasteiger partial charge in [-0.1, -0.05) is 30.3 Å². The third-order valence-corrected chi connectivity index (χ3v) is 7.78. The van der Waals surface area contributed by atoms with Gasteiger partial charge in [0.1, 0.15) is 16.5 Å². The standard InChI is InChI=1S/C30H28F3N3O3S/c1-35-10-12-36(13-11-35)19-23(37)17-29-34-26-9-8-25(18-28(26)40-29)39-24-7-3-5-21(16-24)27(38)15-20-4-2-6-22(14-20)30(31,32)33/h2-9,14,16,18H,10-13,15,17,19H2,1H3. The highest BCUT2D eigenvalue weighted by molar-refractivity contribution is 7.18. The number of hydrogen-bond donors (Lipinski definition) is 0. The molecule has 4 aromatic rings. The first-order valence-corrected chi connectivity index (χ1v) is 13.7. The van der Waals surface area contributed by atoms with Crippen molar-refractivity contribution in [3.63, 3.8) is 0 Å². The Morgan fingerprint density at radius 3 is 2.45 bits per heavy atom. The number of hydrogen-bond acceptors (Lipinski definition) is 7. The lowest BCUT2D eigenvalue weighted by Crippen LogP contribution is -2.46. The molecule has 1 aromatic heterocycles. The molecule has 2 heterocycles. The molecule has 0 radical (unpaired) electrons. The first-order valence-electron chi connectivity index (χ1n) is 12.9. The van der Waals surface area contributed by atoms with Gasteiger partial charge in [0.05, 0.1) is 28.7 Å². The van der Waals surface area contributed by atoms with Crippen molar-refractivity contribution in [1.82, 2.24) is 14.8 Å². The van der Waals surface area contributed by atoms with Crippen LogP contribution in [0.4, 0.5) is 13.2 Å². The Labute approximate surface area is 234 Å². The fraction of sp³-hybridized carbons (Fsp3) is 0.300. The average molecular weight is 568 g/mol. The maximum absolute atomic E-state index is 13.0. The lowest BCUT2D eigenvalue weighted by molar-refractivity contribution is -0.137. The first-order chi connectivity index (χ1) is 19.1. The maximum Gasteiger partial charge on any atom is 0.416 e. The number of carbonyl (C=O) groups is 2. The van der Waals surface area contributed by atoms with E-state index in [9.17, 15) is 22.8 Å². The second kappa shape index (κ2) is 11.9. The molecule has 0 aliphatic carbocycles. The number of benzene rings is 3. The van der Waals surface area contributed by atoms with E-state index in [4.69, 9.17) is 4.74 Å². The fourth-order valence-corrected chi connectivity index (χ4v) is 5.61. The molecule has 6 nitrogen and oxygen atoms in total. The summed E-state index contributed by atoms with van der Waals surface area (Å²) >= 11 is 1.45. The molecule has 5 rings (SSSR count). The number of alkyl halides is 3. The number of aromatic nitrogens is 1. The fourth-order valence-electron chi connectivity index (χ4n) is 4.59. The highest BCUT2D eigenvalue weighted by atomic mass is 32.1. The minimum atomic E-state index is -4.47. The monoisotopic (exact) mass is 567 g/mol. The molecule has 0 spiro atoms. The Hall–Kier alpha value is -3.60. The number of piperazine rings is 1. The van der Waals surface area contributed by atoms with E-state index in [1.54, 1.807) is 30.3 Å². The van der Waals surface area contributed by atoms with E-state index >= 15 is 0 Å². The van der Waals surface area contributed by atoms with Crippen molar-refractivity contribution >= 4 is 33.1 Å². The minimum Gasteiger partial charge on any atom is -0.457 e. The number of carbonyl (C=O) groups excluding carboxylic acids is 2. The summed E-state index contributed by atoms with van der Waals surface area (Å²) < 4.78 is 45.9. The van der Waals surface area contributed by atoms with Crippen LogP contribution in [0.25, 0.3) is 10.2 Å². The van der Waals surface area contributed by atoms with Gasteiger partial charge in [0.2, 0.25) is 0 Å². The van der Waals surface area contributed by atoms with E-state index in [0.29, 0.717) is 29.2 Å². The zero-order chi connectivity index (χ0) is 28.3. The number of fused-ring (bicyclic) bond motifs is 1. The normalized spacial score (nSPS) is 14.9. The van der Waals surface area contributed by atoms with Crippen LogP contribution in [-0.4, -0.2) is 66.1 Å². The average Bonchev–Trinajstić information content (AvgIpc) is 3.31. The number of likely N-dealkylation sites (N-methyl/N-ethyl adjacent to an activating group) is 1. The molecule has 0 atom stereocenters. The van der Waals surface area contributed by atoms with Crippen LogP contribution in [0.15, 0.2) is 66.7 Å². The van der Waals surface area contributed by atoms with Crippen molar-refractivity contribution < 1.29 is 27.5 Å². The van der Waals surface area contributed by atoms with Gasteiger partial charge in [-0.15, -0.1) is 11.3 Å². The molecule has 208 valence electrons. The second-order valence-electron chi connectivity index (χ2n) is 9.96. The molecule has 1 fully saturated rings. The molecule has 0 unspecified atom stereocenters. The number of thiazole rings is 1. The van der Waals surface area contributed by atoms with Crippen molar-refractivity contribution in [2.75, 3.05) is 39.8 Å². The van der Waals surface area contributed by atoms with Crippen molar-refractivity contribution in [1.29, 1.82) is 0 Å². The van der Waals surface area contributed by atoms with Crippen LogP contribution in [0.1, 0.15) is 26.5 Å². The van der Waals surface area contributed by atoms with Crippen LogP contribution in [0.5, 0.6) is 11.5 Å². The highest BCUT2D eigenvalue weighted by Crippen LogP contribution is 2.31. The third kappa shape index (κ3) is 7.12. The third-order valence-electron chi connectivity index (χ3n) is 6.76. The molecule has 0 N–H and O–H groups in total. The van der Waals surface area contributed by atoms with Gasteiger partial charge in [-0.3, -0.25) is 14.5 Å². The van der Waals surface area contributed by atoms with E-state index in [2.05, 4.69) is 21.8 Å². The number of ether oxygens (including phenoxy) is 1. The Kier molecular flexibility index (Phi) is 8.30. The van der Waals surface area contributed by atoms with E-state index < -0.39 is 11.7 Å². The van der Waals surface area contributed by atoms with Crippen LogP contribution >= 0.6 is 11.3 Å². The molecular formula is C30H28F3N3O3S. The van der Waals surface area contributed by atoms with Crippen LogP contribution in [-0.2, 0) is 23.8 Å². The van der Waals surface area contributed by atoms with E-state index in [1.807, 2.05) is 12.1 Å². The van der Waals surface area contributed by atoms with Crippen molar-refractivity contribution in [2.45, 2.75) is 19.0 Å². The smallest absolute Gasteiger partial charge is 0.416 e. The van der Waals surface area contributed by atoms with Gasteiger partial charge in [0.15, 0.2) is 11.6 Å². The van der Waals surface area contributed by atoms with Gasteiger partial charge in [0.25, 0.3) is 0 Å². The molecule has 1 saturated heterocycles. The summed E-state index contributed by atoms with van der Waals surface area (Å²) in [7, 11) is 2.08. The van der Waals surface area contributed by atoms with Crippen LogP contribution in [0, 0.1) is 0 Å². The largest absolute Gasteiger partial charge is 0.457 e. The number of halogens is 3. The minimum absolute atomic E-state index is 0.145. The molecule has 0 bridgehead atoms. The first kappa shape index (κ1) is 27.9. The zero-order valence-corrected chi connectivity index (χ0v) is 22.7. The van der Waals surface area contributed by atoms with Crippen molar-refractivity contribution in [3.8, 4) is 11.5 Å². The number of rotatable bonds is 9. The van der Waals surface area contributed by atoms with Crippen LogP contribution in [0.2, 0.25) is 0 Å². The molecule has 40 heavy (non-hydrogen) atoms. The predicted octanol–water partition coefficient (Wildman–Crippen LogP) is 5.89. The lowest BCUT2D eigenvalue weighted by Gasteiger charge is -2.31. The summed E-state index contributed by atoms with van der Waals surface area (Å²) in [6.07, 6.45) is -4.33. The van der Waals surface area contributed by atoms with Crippen LogP contribution < -0.4 is 4.74 Å². The molecule has 10 heteroatoms. The van der Waals surface area contributed by atoms with E-state index in [0.717, 1.165) is 53.5 Å². The highest BCUT2D eigenvalue weighted by Gasteiger charge is 2.30. The zero-order valence-electron chi connectivity index (χ0n) is 21.9. The number of ketones is 2. The van der Waals surface area contributed by atoms with Gasteiger partial charge >= 0.3 is 6.18 Å². The molecule has 1 aliphatic heterocycles. The lowest BCUT2D eigenvalue weighted by atomic mass is 10.0. The maximum atomic E-state index is 13.0. The summed E-state index contributed by atoms with van der Waals surface area (Å²) in [4.78, 5) is 34.5.